The minimum atomic E-state index is -0.126. The van der Waals surface area contributed by atoms with Gasteiger partial charge in [0, 0.05) is 11.9 Å². The number of hydrogen-bond acceptors (Lipinski definition) is 4. The summed E-state index contributed by atoms with van der Waals surface area (Å²) in [6, 6.07) is 5.55. The fourth-order valence-corrected chi connectivity index (χ4v) is 2.88. The van der Waals surface area contributed by atoms with Gasteiger partial charge in [-0.15, -0.1) is 0 Å². The Morgan fingerprint density at radius 1 is 1.45 bits per heavy atom. The number of piperidine rings is 1. The fourth-order valence-electron chi connectivity index (χ4n) is 2.88. The molecule has 3 rings (SSSR count). The number of carbonyl (C=O) groups is 1. The van der Waals surface area contributed by atoms with E-state index >= 15 is 0 Å². The highest BCUT2D eigenvalue weighted by atomic mass is 16.5. The Balaban J connectivity index is 1.67. The molecule has 0 unspecified atom stereocenters. The molecule has 0 bridgehead atoms. The molecule has 118 valence electrons. The molecule has 0 atom stereocenters. The second kappa shape index (κ2) is 6.36. The number of aromatic amines is 1. The first kappa shape index (κ1) is 14.8. The lowest BCUT2D eigenvalue weighted by Gasteiger charge is -2.28. The summed E-state index contributed by atoms with van der Waals surface area (Å²) < 4.78 is 5.21. The normalized spacial score (nSPS) is 16.8. The van der Waals surface area contributed by atoms with Crippen molar-refractivity contribution in [2.45, 2.75) is 12.8 Å². The number of aromatic nitrogens is 2. The van der Waals surface area contributed by atoms with Gasteiger partial charge in [0.2, 0.25) is 0 Å². The smallest absolute Gasteiger partial charge is 0.272 e. The number of benzene rings is 1. The van der Waals surface area contributed by atoms with Gasteiger partial charge >= 0.3 is 0 Å². The number of methoxy groups -OCH3 is 1. The van der Waals surface area contributed by atoms with Gasteiger partial charge in [-0.05, 0) is 57.1 Å². The van der Waals surface area contributed by atoms with Gasteiger partial charge in [0.05, 0.1) is 12.6 Å². The lowest BCUT2D eigenvalue weighted by molar-refractivity contribution is 0.0935. The van der Waals surface area contributed by atoms with E-state index in [0.29, 0.717) is 18.2 Å². The molecule has 22 heavy (non-hydrogen) atoms. The van der Waals surface area contributed by atoms with Gasteiger partial charge in [-0.1, -0.05) is 0 Å². The summed E-state index contributed by atoms with van der Waals surface area (Å²) in [6.45, 7) is 2.91. The summed E-state index contributed by atoms with van der Waals surface area (Å²) in [5, 5.41) is 10.8. The highest BCUT2D eigenvalue weighted by Gasteiger charge is 2.19. The molecule has 2 heterocycles. The quantitative estimate of drug-likeness (QED) is 0.901. The maximum absolute atomic E-state index is 12.4. The Morgan fingerprint density at radius 3 is 2.95 bits per heavy atom. The first-order valence-electron chi connectivity index (χ1n) is 7.66. The number of fused-ring (bicyclic) bond motifs is 1. The van der Waals surface area contributed by atoms with E-state index in [4.69, 9.17) is 4.74 Å². The Bertz CT molecular complexity index is 659. The third kappa shape index (κ3) is 3.06. The number of H-pyrrole nitrogens is 1. The van der Waals surface area contributed by atoms with Crippen LogP contribution in [0, 0.1) is 5.92 Å². The molecule has 0 saturated carbocycles. The van der Waals surface area contributed by atoms with Crippen LogP contribution >= 0.6 is 0 Å². The van der Waals surface area contributed by atoms with Crippen molar-refractivity contribution in [1.82, 2.24) is 20.4 Å². The average molecular weight is 302 g/mol. The van der Waals surface area contributed by atoms with Crippen LogP contribution in [0.1, 0.15) is 23.3 Å². The molecule has 6 heteroatoms. The molecule has 1 fully saturated rings. The van der Waals surface area contributed by atoms with Gasteiger partial charge in [-0.3, -0.25) is 9.89 Å². The number of nitrogens with zero attached hydrogens (tertiary/aromatic N) is 2. The Labute approximate surface area is 129 Å². The SMILES string of the molecule is COc1ccc2[nH]nc(C(=O)NCC3CCN(C)CC3)c2c1. The number of ether oxygens (including phenoxy) is 1. The highest BCUT2D eigenvalue weighted by Crippen LogP contribution is 2.22. The van der Waals surface area contributed by atoms with Gasteiger partial charge in [0.25, 0.3) is 5.91 Å². The molecule has 0 spiro atoms. The number of hydrogen-bond donors (Lipinski definition) is 2. The second-order valence-corrected chi connectivity index (χ2v) is 5.94. The highest BCUT2D eigenvalue weighted by molar-refractivity contribution is 6.04. The predicted octanol–water partition coefficient (Wildman–Crippen LogP) is 1.64. The molecule has 1 aliphatic heterocycles. The Kier molecular flexibility index (Phi) is 4.29. The summed E-state index contributed by atoms with van der Waals surface area (Å²) >= 11 is 0. The molecular formula is C16H22N4O2. The van der Waals surface area contributed by atoms with Gasteiger partial charge < -0.3 is 15.0 Å². The number of nitrogens with one attached hydrogen (secondary N) is 2. The maximum Gasteiger partial charge on any atom is 0.272 e. The Hall–Kier alpha value is -2.08. The largest absolute Gasteiger partial charge is 0.497 e. The van der Waals surface area contributed by atoms with Crippen LogP contribution in [-0.4, -0.2) is 54.8 Å². The lowest BCUT2D eigenvalue weighted by Crippen LogP contribution is -2.37. The Morgan fingerprint density at radius 2 is 2.23 bits per heavy atom. The van der Waals surface area contributed by atoms with E-state index in [1.165, 1.54) is 0 Å². The van der Waals surface area contributed by atoms with Gasteiger partial charge in [-0.25, -0.2) is 0 Å². The summed E-state index contributed by atoms with van der Waals surface area (Å²) in [5.74, 6) is 1.15. The zero-order chi connectivity index (χ0) is 15.5. The molecule has 1 aliphatic rings. The van der Waals surface area contributed by atoms with E-state index < -0.39 is 0 Å². The van der Waals surface area contributed by atoms with Crippen LogP contribution in [-0.2, 0) is 0 Å². The standard InChI is InChI=1S/C16H22N4O2/c1-20-7-5-11(6-8-20)10-17-16(21)15-13-9-12(22-2)3-4-14(13)18-19-15/h3-4,9,11H,5-8,10H2,1-2H3,(H,17,21)(H,18,19). The van der Waals surface area contributed by atoms with Crippen LogP contribution in [0.15, 0.2) is 18.2 Å². The first-order chi connectivity index (χ1) is 10.7. The summed E-state index contributed by atoms with van der Waals surface area (Å²) in [7, 11) is 3.75. The van der Waals surface area contributed by atoms with Gasteiger partial charge in [-0.2, -0.15) is 5.10 Å². The third-order valence-electron chi connectivity index (χ3n) is 4.37. The van der Waals surface area contributed by atoms with Crippen molar-refractivity contribution in [2.75, 3.05) is 33.8 Å². The van der Waals surface area contributed by atoms with E-state index in [0.717, 1.165) is 42.6 Å². The summed E-state index contributed by atoms with van der Waals surface area (Å²) in [5.41, 5.74) is 1.27. The van der Waals surface area contributed by atoms with Crippen LogP contribution in [0.3, 0.4) is 0 Å². The van der Waals surface area contributed by atoms with Crippen molar-refractivity contribution in [3.8, 4) is 5.75 Å². The number of carbonyl (C=O) groups excluding carboxylic acids is 1. The van der Waals surface area contributed by atoms with Crippen LogP contribution in [0.5, 0.6) is 5.75 Å². The van der Waals surface area contributed by atoms with Crippen LogP contribution in [0.25, 0.3) is 10.9 Å². The van der Waals surface area contributed by atoms with Crippen LogP contribution in [0.2, 0.25) is 0 Å². The molecule has 6 nitrogen and oxygen atoms in total. The van der Waals surface area contributed by atoms with Gasteiger partial charge in [0.1, 0.15) is 5.75 Å². The maximum atomic E-state index is 12.4. The molecule has 0 radical (unpaired) electrons. The van der Waals surface area contributed by atoms with Crippen molar-refractivity contribution in [3.05, 3.63) is 23.9 Å². The number of rotatable bonds is 4. The topological polar surface area (TPSA) is 70.2 Å². The second-order valence-electron chi connectivity index (χ2n) is 5.94. The zero-order valence-corrected chi connectivity index (χ0v) is 13.1. The molecule has 1 aromatic heterocycles. The van der Waals surface area contributed by atoms with E-state index in [2.05, 4.69) is 27.5 Å². The molecule has 1 amide bonds. The molecule has 2 N–H and O–H groups in total. The van der Waals surface area contributed by atoms with E-state index in [1.54, 1.807) is 7.11 Å². The third-order valence-corrected chi connectivity index (χ3v) is 4.37. The lowest BCUT2D eigenvalue weighted by atomic mass is 9.97. The minimum absolute atomic E-state index is 0.126. The summed E-state index contributed by atoms with van der Waals surface area (Å²) in [4.78, 5) is 14.7. The zero-order valence-electron chi connectivity index (χ0n) is 13.1. The summed E-state index contributed by atoms with van der Waals surface area (Å²) in [6.07, 6.45) is 2.26. The first-order valence-corrected chi connectivity index (χ1v) is 7.66. The van der Waals surface area contributed by atoms with Gasteiger partial charge in [0.15, 0.2) is 5.69 Å². The number of likely N-dealkylation sites (tertiary alicyclic amines) is 1. The van der Waals surface area contributed by atoms with E-state index in [-0.39, 0.29) is 5.91 Å². The predicted molar refractivity (Wildman–Crippen MR) is 85.2 cm³/mol. The molecule has 1 saturated heterocycles. The molecule has 0 aliphatic carbocycles. The molecule has 1 aromatic carbocycles. The van der Waals surface area contributed by atoms with Crippen molar-refractivity contribution in [1.29, 1.82) is 0 Å². The molecular weight excluding hydrogens is 280 g/mol. The fraction of sp³-hybridized carbons (Fsp3) is 0.500. The minimum Gasteiger partial charge on any atom is -0.497 e. The van der Waals surface area contributed by atoms with Crippen molar-refractivity contribution in [3.63, 3.8) is 0 Å². The van der Waals surface area contributed by atoms with E-state index in [1.807, 2.05) is 18.2 Å². The average Bonchev–Trinajstić information content (AvgIpc) is 2.97. The van der Waals surface area contributed by atoms with Crippen molar-refractivity contribution in [2.24, 2.45) is 5.92 Å². The monoisotopic (exact) mass is 302 g/mol. The van der Waals surface area contributed by atoms with E-state index in [9.17, 15) is 4.79 Å². The van der Waals surface area contributed by atoms with Crippen molar-refractivity contribution < 1.29 is 9.53 Å². The molecule has 2 aromatic rings. The van der Waals surface area contributed by atoms with Crippen LogP contribution < -0.4 is 10.1 Å². The van der Waals surface area contributed by atoms with Crippen molar-refractivity contribution >= 4 is 16.8 Å². The van der Waals surface area contributed by atoms with Crippen LogP contribution in [0.4, 0.5) is 0 Å². The number of amides is 1.